The Morgan fingerprint density at radius 2 is 1.72 bits per heavy atom. The largest absolute Gasteiger partial charge is 0.348 e. The molecule has 0 radical (unpaired) electrons. The zero-order chi connectivity index (χ0) is 18.6. The van der Waals surface area contributed by atoms with Crippen LogP contribution in [0.1, 0.15) is 41.4 Å². The minimum Gasteiger partial charge on any atom is -0.348 e. The third-order valence-electron chi connectivity index (χ3n) is 3.81. The summed E-state index contributed by atoms with van der Waals surface area (Å²) in [5, 5.41) is 6.56. The molecule has 0 bridgehead atoms. The summed E-state index contributed by atoms with van der Waals surface area (Å²) >= 11 is 12.0. The van der Waals surface area contributed by atoms with E-state index in [2.05, 4.69) is 10.6 Å². The van der Waals surface area contributed by atoms with Crippen LogP contribution in [0.5, 0.6) is 0 Å². The lowest BCUT2D eigenvalue weighted by atomic mass is 10.1. The zero-order valence-corrected chi connectivity index (χ0v) is 15.8. The molecule has 2 amide bonds. The number of aryl methyl sites for hydroxylation is 1. The van der Waals surface area contributed by atoms with Gasteiger partial charge in [-0.1, -0.05) is 47.0 Å². The molecule has 2 atom stereocenters. The summed E-state index contributed by atoms with van der Waals surface area (Å²) < 4.78 is 0. The number of rotatable bonds is 5. The second kappa shape index (κ2) is 8.37. The standard InChI is InChI=1S/C19H20Cl2N2O2/c1-11-5-4-6-14(9-11)19(25)23-13(3)18(24)22-12(2)16-8-7-15(20)10-17(16)21/h4-10,12-13H,1-3H3,(H,22,24)(H,23,25)/t12-,13-/m0/s1. The van der Waals surface area contributed by atoms with E-state index in [0.717, 1.165) is 11.1 Å². The maximum absolute atomic E-state index is 12.3. The van der Waals surface area contributed by atoms with E-state index in [1.165, 1.54) is 0 Å². The highest BCUT2D eigenvalue weighted by atomic mass is 35.5. The summed E-state index contributed by atoms with van der Waals surface area (Å²) in [6, 6.07) is 11.3. The molecule has 2 aromatic rings. The predicted molar refractivity (Wildman–Crippen MR) is 101 cm³/mol. The molecular weight excluding hydrogens is 359 g/mol. The van der Waals surface area contributed by atoms with Crippen molar-refractivity contribution in [3.8, 4) is 0 Å². The minimum atomic E-state index is -0.679. The quantitative estimate of drug-likeness (QED) is 0.814. The Kier molecular flexibility index (Phi) is 6.45. The van der Waals surface area contributed by atoms with E-state index in [-0.39, 0.29) is 17.9 Å². The van der Waals surface area contributed by atoms with Crippen molar-refractivity contribution in [3.05, 3.63) is 69.2 Å². The van der Waals surface area contributed by atoms with E-state index in [1.54, 1.807) is 43.3 Å². The first-order valence-corrected chi connectivity index (χ1v) is 8.66. The summed E-state index contributed by atoms with van der Waals surface area (Å²) in [6.07, 6.45) is 0. The minimum absolute atomic E-state index is 0.288. The third-order valence-corrected chi connectivity index (χ3v) is 4.37. The second-order valence-corrected chi connectivity index (χ2v) is 6.80. The Bertz CT molecular complexity index is 793. The smallest absolute Gasteiger partial charge is 0.251 e. The van der Waals surface area contributed by atoms with Crippen LogP contribution in [0.2, 0.25) is 10.0 Å². The van der Waals surface area contributed by atoms with Gasteiger partial charge in [0.25, 0.3) is 5.91 Å². The fourth-order valence-corrected chi connectivity index (χ4v) is 2.97. The first kappa shape index (κ1) is 19.3. The van der Waals surface area contributed by atoms with E-state index >= 15 is 0 Å². The Labute approximate surface area is 157 Å². The molecule has 132 valence electrons. The van der Waals surface area contributed by atoms with Gasteiger partial charge in [-0.2, -0.15) is 0 Å². The summed E-state index contributed by atoms with van der Waals surface area (Å²) in [4.78, 5) is 24.6. The summed E-state index contributed by atoms with van der Waals surface area (Å²) in [5.41, 5.74) is 2.26. The van der Waals surface area contributed by atoms with Gasteiger partial charge >= 0.3 is 0 Å². The molecule has 0 aliphatic heterocycles. The van der Waals surface area contributed by atoms with Crippen LogP contribution in [-0.2, 0) is 4.79 Å². The Hall–Kier alpha value is -2.04. The summed E-state index contributed by atoms with van der Waals surface area (Å²) in [7, 11) is 0. The van der Waals surface area contributed by atoms with Crippen molar-refractivity contribution in [2.45, 2.75) is 32.9 Å². The number of hydrogen-bond acceptors (Lipinski definition) is 2. The molecule has 0 aliphatic carbocycles. The van der Waals surface area contributed by atoms with Gasteiger partial charge in [-0.05, 0) is 50.6 Å². The Balaban J connectivity index is 1.98. The Morgan fingerprint density at radius 1 is 1.00 bits per heavy atom. The van der Waals surface area contributed by atoms with Gasteiger partial charge in [-0.25, -0.2) is 0 Å². The van der Waals surface area contributed by atoms with Crippen LogP contribution in [0, 0.1) is 6.92 Å². The van der Waals surface area contributed by atoms with E-state index in [1.807, 2.05) is 19.9 Å². The van der Waals surface area contributed by atoms with Crippen molar-refractivity contribution in [2.24, 2.45) is 0 Å². The molecular formula is C19H20Cl2N2O2. The molecule has 0 unspecified atom stereocenters. The normalized spacial score (nSPS) is 13.0. The van der Waals surface area contributed by atoms with E-state index in [9.17, 15) is 9.59 Å². The van der Waals surface area contributed by atoms with Crippen LogP contribution in [0.15, 0.2) is 42.5 Å². The average Bonchev–Trinajstić information content (AvgIpc) is 2.54. The molecule has 2 aromatic carbocycles. The van der Waals surface area contributed by atoms with Crippen LogP contribution in [0.4, 0.5) is 0 Å². The number of amides is 2. The highest BCUT2D eigenvalue weighted by Gasteiger charge is 2.20. The fourth-order valence-electron chi connectivity index (χ4n) is 2.40. The molecule has 25 heavy (non-hydrogen) atoms. The number of carbonyl (C=O) groups is 2. The molecule has 0 aliphatic rings. The fraction of sp³-hybridized carbons (Fsp3) is 0.263. The van der Waals surface area contributed by atoms with E-state index < -0.39 is 6.04 Å². The van der Waals surface area contributed by atoms with Gasteiger partial charge in [0.15, 0.2) is 0 Å². The topological polar surface area (TPSA) is 58.2 Å². The van der Waals surface area contributed by atoms with Crippen molar-refractivity contribution >= 4 is 35.0 Å². The molecule has 0 saturated carbocycles. The highest BCUT2D eigenvalue weighted by molar-refractivity contribution is 6.35. The van der Waals surface area contributed by atoms with Gasteiger partial charge in [-0.15, -0.1) is 0 Å². The third kappa shape index (κ3) is 5.21. The number of benzene rings is 2. The van der Waals surface area contributed by atoms with Crippen molar-refractivity contribution in [1.29, 1.82) is 0 Å². The molecule has 0 aromatic heterocycles. The lowest BCUT2D eigenvalue weighted by Gasteiger charge is -2.20. The molecule has 0 saturated heterocycles. The highest BCUT2D eigenvalue weighted by Crippen LogP contribution is 2.26. The SMILES string of the molecule is Cc1cccc(C(=O)N[C@@H](C)C(=O)N[C@@H](C)c2ccc(Cl)cc2Cl)c1. The van der Waals surface area contributed by atoms with Gasteiger partial charge in [-0.3, -0.25) is 9.59 Å². The van der Waals surface area contributed by atoms with Gasteiger partial charge in [0.05, 0.1) is 6.04 Å². The molecule has 6 heteroatoms. The monoisotopic (exact) mass is 378 g/mol. The number of halogens is 2. The van der Waals surface area contributed by atoms with Crippen molar-refractivity contribution < 1.29 is 9.59 Å². The van der Waals surface area contributed by atoms with Crippen molar-refractivity contribution in [1.82, 2.24) is 10.6 Å². The van der Waals surface area contributed by atoms with Crippen LogP contribution in [0.25, 0.3) is 0 Å². The Morgan fingerprint density at radius 3 is 2.36 bits per heavy atom. The van der Waals surface area contributed by atoms with E-state index in [4.69, 9.17) is 23.2 Å². The molecule has 4 nitrogen and oxygen atoms in total. The van der Waals surface area contributed by atoms with Gasteiger partial charge in [0.2, 0.25) is 5.91 Å². The van der Waals surface area contributed by atoms with Crippen molar-refractivity contribution in [2.75, 3.05) is 0 Å². The number of hydrogen-bond donors (Lipinski definition) is 2. The van der Waals surface area contributed by atoms with Crippen LogP contribution >= 0.6 is 23.2 Å². The molecule has 0 fully saturated rings. The van der Waals surface area contributed by atoms with Crippen LogP contribution in [0.3, 0.4) is 0 Å². The van der Waals surface area contributed by atoms with Gasteiger partial charge in [0, 0.05) is 15.6 Å². The van der Waals surface area contributed by atoms with E-state index in [0.29, 0.717) is 15.6 Å². The molecule has 2 N–H and O–H groups in total. The second-order valence-electron chi connectivity index (χ2n) is 5.96. The average molecular weight is 379 g/mol. The zero-order valence-electron chi connectivity index (χ0n) is 14.3. The first-order valence-electron chi connectivity index (χ1n) is 7.91. The molecule has 0 spiro atoms. The number of nitrogens with one attached hydrogen (secondary N) is 2. The number of carbonyl (C=O) groups excluding carboxylic acids is 2. The summed E-state index contributed by atoms with van der Waals surface area (Å²) in [6.45, 7) is 5.37. The lowest BCUT2D eigenvalue weighted by molar-refractivity contribution is -0.123. The van der Waals surface area contributed by atoms with Gasteiger partial charge in [0.1, 0.15) is 6.04 Å². The maximum atomic E-state index is 12.3. The molecule has 0 heterocycles. The predicted octanol–water partition coefficient (Wildman–Crippen LogP) is 4.30. The van der Waals surface area contributed by atoms with Crippen molar-refractivity contribution in [3.63, 3.8) is 0 Å². The van der Waals surface area contributed by atoms with Crippen LogP contribution < -0.4 is 10.6 Å². The first-order chi connectivity index (χ1) is 11.8. The summed E-state index contributed by atoms with van der Waals surface area (Å²) in [5.74, 6) is -0.581. The molecule has 2 rings (SSSR count). The van der Waals surface area contributed by atoms with Gasteiger partial charge < -0.3 is 10.6 Å². The lowest BCUT2D eigenvalue weighted by Crippen LogP contribution is -2.45. The van der Waals surface area contributed by atoms with Crippen LogP contribution in [-0.4, -0.2) is 17.9 Å². The maximum Gasteiger partial charge on any atom is 0.251 e.